The molecule has 0 radical (unpaired) electrons. The quantitative estimate of drug-likeness (QED) is 0.491. The number of aromatic nitrogens is 3. The number of nitrogens with one attached hydrogen (secondary N) is 2. The van der Waals surface area contributed by atoms with Gasteiger partial charge in [0.1, 0.15) is 11.4 Å². The number of hydrogen-bond acceptors (Lipinski definition) is 7. The predicted molar refractivity (Wildman–Crippen MR) is 136 cm³/mol. The van der Waals surface area contributed by atoms with Gasteiger partial charge in [0.25, 0.3) is 5.56 Å². The van der Waals surface area contributed by atoms with Gasteiger partial charge < -0.3 is 10.2 Å². The van der Waals surface area contributed by atoms with Crippen molar-refractivity contribution < 1.29 is 31.1 Å². The molecule has 220 valence electrons. The van der Waals surface area contributed by atoms with Gasteiger partial charge in [-0.3, -0.25) is 14.5 Å². The number of pyridine rings is 1. The number of aromatic amines is 1. The average Bonchev–Trinajstić information content (AvgIpc) is 2.87. The average molecular weight is 575 g/mol. The molecule has 2 aromatic rings. The topological polar surface area (TPSA) is 94.2 Å². The summed E-state index contributed by atoms with van der Waals surface area (Å²) in [5, 5.41) is 8.06. The van der Waals surface area contributed by atoms with Crippen molar-refractivity contribution in [1.29, 1.82) is 0 Å². The molecule has 0 aliphatic carbocycles. The van der Waals surface area contributed by atoms with Gasteiger partial charge >= 0.3 is 12.4 Å². The fourth-order valence-corrected chi connectivity index (χ4v) is 5.73. The molecule has 0 aromatic carbocycles. The first-order valence-electron chi connectivity index (χ1n) is 13.2. The molecule has 0 spiro atoms. The van der Waals surface area contributed by atoms with Gasteiger partial charge in [-0.1, -0.05) is 13.8 Å². The van der Waals surface area contributed by atoms with E-state index in [1.54, 1.807) is 13.8 Å². The molecule has 1 fully saturated rings. The summed E-state index contributed by atoms with van der Waals surface area (Å²) in [4.78, 5) is 33.3. The van der Waals surface area contributed by atoms with Crippen LogP contribution in [0.5, 0.6) is 0 Å². The van der Waals surface area contributed by atoms with Gasteiger partial charge in [-0.05, 0) is 50.8 Å². The molecule has 14 heteroatoms. The number of piperidine rings is 1. The van der Waals surface area contributed by atoms with Gasteiger partial charge in [0.15, 0.2) is 5.78 Å². The summed E-state index contributed by atoms with van der Waals surface area (Å²) in [6.45, 7) is 6.66. The molecule has 1 saturated heterocycles. The Morgan fingerprint density at radius 3 is 2.52 bits per heavy atom. The third-order valence-electron chi connectivity index (χ3n) is 7.75. The van der Waals surface area contributed by atoms with E-state index in [2.05, 4.69) is 20.3 Å². The van der Waals surface area contributed by atoms with E-state index < -0.39 is 46.8 Å². The lowest BCUT2D eigenvalue weighted by atomic mass is 9.84. The van der Waals surface area contributed by atoms with Crippen molar-refractivity contribution in [3.63, 3.8) is 0 Å². The minimum atomic E-state index is -4.86. The molecule has 8 nitrogen and oxygen atoms in total. The Balaban J connectivity index is 1.53. The number of anilines is 2. The van der Waals surface area contributed by atoms with Crippen LogP contribution in [0, 0.1) is 5.92 Å². The molecular weight excluding hydrogens is 542 g/mol. The Morgan fingerprint density at radius 2 is 1.88 bits per heavy atom. The minimum absolute atomic E-state index is 0.00341. The number of H-pyrrole nitrogens is 1. The van der Waals surface area contributed by atoms with Crippen LogP contribution in [0.1, 0.15) is 56.7 Å². The second kappa shape index (κ2) is 11.4. The molecule has 4 rings (SSSR count). The number of halogens is 6. The number of hydrogen-bond donors (Lipinski definition) is 2. The zero-order valence-electron chi connectivity index (χ0n) is 22.4. The largest absolute Gasteiger partial charge is 0.423 e. The summed E-state index contributed by atoms with van der Waals surface area (Å²) in [6.07, 6.45) is -5.93. The van der Waals surface area contributed by atoms with E-state index >= 15 is 0 Å². The molecular formula is C26H32F6N6O2. The summed E-state index contributed by atoms with van der Waals surface area (Å²) in [5.74, 6) is 0.0500. The monoisotopic (exact) mass is 574 g/mol. The first-order valence-corrected chi connectivity index (χ1v) is 13.2. The van der Waals surface area contributed by atoms with Crippen molar-refractivity contribution in [2.45, 2.75) is 76.9 Å². The molecule has 40 heavy (non-hydrogen) atoms. The number of alkyl halides is 6. The van der Waals surface area contributed by atoms with Crippen molar-refractivity contribution in [2.75, 3.05) is 29.9 Å². The van der Waals surface area contributed by atoms with Crippen molar-refractivity contribution >= 4 is 17.3 Å². The molecule has 4 atom stereocenters. The SMILES string of the molecule is CCN(C[C@H](C)Nc1cn[nH]c(=O)c1C(F)(F)F)C1CCN2c3ncc(C(F)(F)F)cc3CC[C@@H](C)C(=O)C2C1. The van der Waals surface area contributed by atoms with Crippen LogP contribution in [0.2, 0.25) is 0 Å². The highest BCUT2D eigenvalue weighted by molar-refractivity contribution is 5.89. The fraction of sp³-hybridized carbons (Fsp3) is 0.615. The molecule has 4 heterocycles. The van der Waals surface area contributed by atoms with E-state index in [0.29, 0.717) is 56.7 Å². The van der Waals surface area contributed by atoms with Crippen LogP contribution in [-0.4, -0.2) is 63.6 Å². The minimum Gasteiger partial charge on any atom is -0.379 e. The number of carbonyl (C=O) groups is 1. The van der Waals surface area contributed by atoms with E-state index in [0.717, 1.165) is 18.5 Å². The summed E-state index contributed by atoms with van der Waals surface area (Å²) < 4.78 is 80.4. The van der Waals surface area contributed by atoms with Crippen LogP contribution in [0.4, 0.5) is 37.8 Å². The van der Waals surface area contributed by atoms with Crippen LogP contribution in [0.25, 0.3) is 0 Å². The second-order valence-electron chi connectivity index (χ2n) is 10.6. The summed E-state index contributed by atoms with van der Waals surface area (Å²) in [7, 11) is 0. The van der Waals surface area contributed by atoms with Crippen molar-refractivity contribution in [2.24, 2.45) is 5.92 Å². The van der Waals surface area contributed by atoms with E-state index in [9.17, 15) is 35.9 Å². The first kappa shape index (κ1) is 29.8. The van der Waals surface area contributed by atoms with Crippen LogP contribution in [0.15, 0.2) is 23.3 Å². The number of likely N-dealkylation sites (N-methyl/N-ethyl adjacent to an activating group) is 1. The van der Waals surface area contributed by atoms with Gasteiger partial charge in [0.05, 0.1) is 23.5 Å². The zero-order valence-corrected chi connectivity index (χ0v) is 22.4. The Hall–Kier alpha value is -3.16. The lowest BCUT2D eigenvalue weighted by Crippen LogP contribution is -2.56. The van der Waals surface area contributed by atoms with Gasteiger partial charge in [0, 0.05) is 37.3 Å². The second-order valence-corrected chi connectivity index (χ2v) is 10.6. The third-order valence-corrected chi connectivity index (χ3v) is 7.75. The highest BCUT2D eigenvalue weighted by Crippen LogP contribution is 2.37. The molecule has 0 saturated carbocycles. The smallest absolute Gasteiger partial charge is 0.379 e. The molecule has 2 unspecified atom stereocenters. The number of rotatable bonds is 6. The summed E-state index contributed by atoms with van der Waals surface area (Å²) in [5.41, 5.74) is -3.45. The number of ketones is 1. The van der Waals surface area contributed by atoms with Crippen LogP contribution >= 0.6 is 0 Å². The first-order chi connectivity index (χ1) is 18.7. The van der Waals surface area contributed by atoms with Crippen molar-refractivity contribution in [3.05, 3.63) is 45.5 Å². The molecule has 2 aromatic heterocycles. The Morgan fingerprint density at radius 1 is 1.15 bits per heavy atom. The van der Waals surface area contributed by atoms with Crippen LogP contribution in [0.3, 0.4) is 0 Å². The number of nitrogens with zero attached hydrogens (tertiary/aromatic N) is 4. The number of fused-ring (bicyclic) bond motifs is 3. The predicted octanol–water partition coefficient (Wildman–Crippen LogP) is 4.51. The lowest BCUT2D eigenvalue weighted by Gasteiger charge is -2.45. The van der Waals surface area contributed by atoms with E-state index in [4.69, 9.17) is 0 Å². The van der Waals surface area contributed by atoms with Gasteiger partial charge in [-0.15, -0.1) is 0 Å². The standard InChI is InChI=1S/C26H32F6N6O2/c1-4-37(13-15(3)35-19-12-34-36-24(40)21(19)26(30,31)32)18-7-8-38-20(10-18)22(39)14(2)5-6-16-9-17(25(27,28)29)11-33-23(16)38/h9,11-12,14-15,18,20H,4-8,10,13H2,1-3H3,(H2,35,36,40)/t14-,15+,18?,20?/m1/s1. The molecule has 2 N–H and O–H groups in total. The number of aryl methyl sites for hydroxylation is 1. The Kier molecular flexibility index (Phi) is 8.48. The van der Waals surface area contributed by atoms with Crippen molar-refractivity contribution in [1.82, 2.24) is 20.1 Å². The lowest BCUT2D eigenvalue weighted by molar-refractivity contribution is -0.138. The maximum atomic E-state index is 13.5. The third kappa shape index (κ3) is 6.26. The van der Waals surface area contributed by atoms with Gasteiger partial charge in [0.2, 0.25) is 0 Å². The van der Waals surface area contributed by atoms with E-state index in [-0.39, 0.29) is 17.7 Å². The van der Waals surface area contributed by atoms with Crippen LogP contribution < -0.4 is 15.8 Å². The Labute approximate surface area is 227 Å². The van der Waals surface area contributed by atoms with E-state index in [1.165, 1.54) is 0 Å². The number of carbonyl (C=O) groups excluding carboxylic acids is 1. The summed E-state index contributed by atoms with van der Waals surface area (Å²) >= 11 is 0. The van der Waals surface area contributed by atoms with Gasteiger partial charge in [-0.2, -0.15) is 31.4 Å². The van der Waals surface area contributed by atoms with Gasteiger partial charge in [-0.25, -0.2) is 10.1 Å². The van der Waals surface area contributed by atoms with Crippen LogP contribution in [-0.2, 0) is 23.6 Å². The number of Topliss-reactive ketones (excluding diaryl/α,β-unsaturated/α-hetero) is 1. The highest BCUT2D eigenvalue weighted by atomic mass is 19.4. The molecule has 0 amide bonds. The fourth-order valence-electron chi connectivity index (χ4n) is 5.73. The summed E-state index contributed by atoms with van der Waals surface area (Å²) in [6, 6.07) is -0.0532. The molecule has 2 aliphatic rings. The molecule has 0 bridgehead atoms. The zero-order chi connectivity index (χ0) is 29.4. The normalized spacial score (nSPS) is 22.8. The van der Waals surface area contributed by atoms with E-state index in [1.807, 2.05) is 16.9 Å². The van der Waals surface area contributed by atoms with Crippen molar-refractivity contribution in [3.8, 4) is 0 Å². The Bertz CT molecular complexity index is 1280. The maximum absolute atomic E-state index is 13.5. The highest BCUT2D eigenvalue weighted by Gasteiger charge is 2.41. The molecule has 2 aliphatic heterocycles. The maximum Gasteiger partial charge on any atom is 0.423 e.